The number of Topliss-reactive ketones (excluding diaryl/α,β-unsaturated/α-hetero) is 1. The predicted octanol–water partition coefficient (Wildman–Crippen LogP) is 4.73. The van der Waals surface area contributed by atoms with E-state index in [2.05, 4.69) is 12.8 Å². The summed E-state index contributed by atoms with van der Waals surface area (Å²) in [4.78, 5) is 22.7. The zero-order valence-electron chi connectivity index (χ0n) is 16.3. The molecule has 0 aromatic carbocycles. The molecule has 0 saturated heterocycles. The van der Waals surface area contributed by atoms with Crippen LogP contribution in [0.4, 0.5) is 0 Å². The number of ketones is 1. The molecule has 1 aliphatic carbocycles. The van der Waals surface area contributed by atoms with Crippen LogP contribution in [0, 0.1) is 24.2 Å². The van der Waals surface area contributed by atoms with Gasteiger partial charge in [0.05, 0.1) is 0 Å². The summed E-state index contributed by atoms with van der Waals surface area (Å²) < 4.78 is 0. The van der Waals surface area contributed by atoms with Gasteiger partial charge >= 0.3 is 5.97 Å². The summed E-state index contributed by atoms with van der Waals surface area (Å²) in [5.41, 5.74) is -1.03. The third-order valence-electron chi connectivity index (χ3n) is 5.79. The van der Waals surface area contributed by atoms with Gasteiger partial charge in [-0.1, -0.05) is 44.9 Å². The van der Waals surface area contributed by atoms with E-state index < -0.39 is 11.6 Å². The summed E-state index contributed by atoms with van der Waals surface area (Å²) in [6, 6.07) is 0. The van der Waals surface area contributed by atoms with E-state index in [4.69, 9.17) is 11.5 Å². The lowest BCUT2D eigenvalue weighted by atomic mass is 9.82. The van der Waals surface area contributed by atoms with Gasteiger partial charge in [-0.15, -0.1) is 6.42 Å². The molecule has 3 atom stereocenters. The van der Waals surface area contributed by atoms with Crippen LogP contribution in [-0.4, -0.2) is 27.6 Å². The van der Waals surface area contributed by atoms with Crippen molar-refractivity contribution in [1.82, 2.24) is 0 Å². The lowest BCUT2D eigenvalue weighted by molar-refractivity contribution is -0.137. The van der Waals surface area contributed by atoms with Crippen molar-refractivity contribution in [2.24, 2.45) is 11.8 Å². The number of terminal acetylenes is 1. The highest BCUT2D eigenvalue weighted by Gasteiger charge is 2.35. The molecular formula is C22H36O4. The molecule has 1 fully saturated rings. The maximum Gasteiger partial charge on any atom is 0.303 e. The van der Waals surface area contributed by atoms with E-state index >= 15 is 0 Å². The van der Waals surface area contributed by atoms with Crippen LogP contribution in [0.5, 0.6) is 0 Å². The zero-order chi connectivity index (χ0) is 19.4. The van der Waals surface area contributed by atoms with Crippen molar-refractivity contribution in [2.45, 2.75) is 102 Å². The lowest BCUT2D eigenvalue weighted by Gasteiger charge is -2.26. The highest BCUT2D eigenvalue weighted by Crippen LogP contribution is 2.37. The third-order valence-corrected chi connectivity index (χ3v) is 5.79. The molecule has 148 valence electrons. The number of carbonyl (C=O) groups excluding carboxylic acids is 1. The SMILES string of the molecule is C#CC(O)(CCCCC)CC[C@H]1CCC(=O)[C@@H]1CCCCCCC(=O)O. The Morgan fingerprint density at radius 3 is 2.54 bits per heavy atom. The second-order valence-electron chi connectivity index (χ2n) is 7.89. The number of aliphatic carboxylic acids is 1. The number of hydrogen-bond acceptors (Lipinski definition) is 3. The first kappa shape index (κ1) is 22.7. The molecular weight excluding hydrogens is 328 g/mol. The Hall–Kier alpha value is -1.34. The first-order chi connectivity index (χ1) is 12.4. The fourth-order valence-corrected chi connectivity index (χ4v) is 4.07. The molecule has 0 radical (unpaired) electrons. The first-order valence-electron chi connectivity index (χ1n) is 10.4. The van der Waals surface area contributed by atoms with Crippen LogP contribution in [0.25, 0.3) is 0 Å². The molecule has 0 heterocycles. The standard InChI is InChI=1S/C22H36O4/c1-3-5-10-16-22(26,4-2)17-15-18-13-14-20(23)19(18)11-8-6-7-9-12-21(24)25/h2,18-19,26H,3,5-17H2,1H3,(H,24,25)/t18-,19-,22?/m1/s1. The van der Waals surface area contributed by atoms with Gasteiger partial charge in [-0.05, 0) is 50.9 Å². The molecule has 4 nitrogen and oxygen atoms in total. The van der Waals surface area contributed by atoms with Gasteiger partial charge in [0.15, 0.2) is 0 Å². The van der Waals surface area contributed by atoms with Crippen LogP contribution in [0.1, 0.15) is 96.8 Å². The molecule has 2 N–H and O–H groups in total. The van der Waals surface area contributed by atoms with Crippen molar-refractivity contribution >= 4 is 11.8 Å². The number of hydrogen-bond donors (Lipinski definition) is 2. The number of rotatable bonds is 14. The van der Waals surface area contributed by atoms with Gasteiger partial charge in [0.1, 0.15) is 11.4 Å². The van der Waals surface area contributed by atoms with Gasteiger partial charge in [0.25, 0.3) is 0 Å². The van der Waals surface area contributed by atoms with Crippen LogP contribution in [0.3, 0.4) is 0 Å². The Bertz CT molecular complexity index is 479. The number of unbranched alkanes of at least 4 members (excludes halogenated alkanes) is 5. The topological polar surface area (TPSA) is 74.6 Å². The molecule has 0 aromatic rings. The molecule has 1 unspecified atom stereocenters. The lowest BCUT2D eigenvalue weighted by Crippen LogP contribution is -2.28. The van der Waals surface area contributed by atoms with Gasteiger partial charge in [0.2, 0.25) is 0 Å². The highest BCUT2D eigenvalue weighted by atomic mass is 16.4. The van der Waals surface area contributed by atoms with Gasteiger partial charge in [-0.25, -0.2) is 0 Å². The summed E-state index contributed by atoms with van der Waals surface area (Å²) in [5.74, 6) is 2.65. The van der Waals surface area contributed by atoms with Crippen molar-refractivity contribution in [3.8, 4) is 12.3 Å². The fourth-order valence-electron chi connectivity index (χ4n) is 4.07. The number of carboxylic acids is 1. The maximum absolute atomic E-state index is 12.2. The van der Waals surface area contributed by atoms with E-state index in [1.54, 1.807) is 0 Å². The minimum absolute atomic E-state index is 0.104. The minimum Gasteiger partial charge on any atom is -0.481 e. The molecule has 0 amide bonds. The Balaban J connectivity index is 2.36. The van der Waals surface area contributed by atoms with Crippen molar-refractivity contribution in [2.75, 3.05) is 0 Å². The van der Waals surface area contributed by atoms with E-state index in [9.17, 15) is 14.7 Å². The number of carboxylic acid groups (broad SMARTS) is 1. The summed E-state index contributed by atoms with van der Waals surface area (Å²) >= 11 is 0. The quantitative estimate of drug-likeness (QED) is 0.345. The Labute approximate surface area is 158 Å². The average Bonchev–Trinajstić information content (AvgIpc) is 2.96. The molecule has 26 heavy (non-hydrogen) atoms. The molecule has 0 aliphatic heterocycles. The summed E-state index contributed by atoms with van der Waals surface area (Å²) in [5, 5.41) is 19.3. The summed E-state index contributed by atoms with van der Waals surface area (Å²) in [6.45, 7) is 2.13. The number of carbonyl (C=O) groups is 2. The molecule has 1 aliphatic rings. The van der Waals surface area contributed by atoms with Crippen LogP contribution >= 0.6 is 0 Å². The second kappa shape index (κ2) is 12.1. The largest absolute Gasteiger partial charge is 0.481 e. The van der Waals surface area contributed by atoms with Crippen LogP contribution in [0.15, 0.2) is 0 Å². The third kappa shape index (κ3) is 8.36. The Morgan fingerprint density at radius 1 is 1.15 bits per heavy atom. The van der Waals surface area contributed by atoms with Gasteiger partial charge in [0, 0.05) is 18.8 Å². The zero-order valence-corrected chi connectivity index (χ0v) is 16.3. The molecule has 4 heteroatoms. The Kier molecular flexibility index (Phi) is 10.6. The van der Waals surface area contributed by atoms with Gasteiger partial charge in [-0.3, -0.25) is 9.59 Å². The average molecular weight is 365 g/mol. The first-order valence-corrected chi connectivity index (χ1v) is 10.4. The molecule has 0 aromatic heterocycles. The molecule has 1 saturated carbocycles. The maximum atomic E-state index is 12.2. The summed E-state index contributed by atoms with van der Waals surface area (Å²) in [7, 11) is 0. The smallest absolute Gasteiger partial charge is 0.303 e. The van der Waals surface area contributed by atoms with E-state index in [1.807, 2.05) is 0 Å². The van der Waals surface area contributed by atoms with E-state index in [1.165, 1.54) is 0 Å². The van der Waals surface area contributed by atoms with E-state index in [0.29, 0.717) is 37.4 Å². The molecule has 0 spiro atoms. The van der Waals surface area contributed by atoms with Crippen molar-refractivity contribution in [3.05, 3.63) is 0 Å². The number of aliphatic hydroxyl groups is 1. The molecule has 0 bridgehead atoms. The summed E-state index contributed by atoms with van der Waals surface area (Å²) in [6.07, 6.45) is 17.0. The van der Waals surface area contributed by atoms with Gasteiger partial charge in [-0.2, -0.15) is 0 Å². The highest BCUT2D eigenvalue weighted by molar-refractivity contribution is 5.83. The van der Waals surface area contributed by atoms with Crippen molar-refractivity contribution in [1.29, 1.82) is 0 Å². The van der Waals surface area contributed by atoms with Crippen LogP contribution in [0.2, 0.25) is 0 Å². The fraction of sp³-hybridized carbons (Fsp3) is 0.818. The van der Waals surface area contributed by atoms with Gasteiger partial charge < -0.3 is 10.2 Å². The van der Waals surface area contributed by atoms with Crippen molar-refractivity contribution in [3.63, 3.8) is 0 Å². The van der Waals surface area contributed by atoms with E-state index in [-0.39, 0.29) is 12.3 Å². The predicted molar refractivity (Wildman–Crippen MR) is 104 cm³/mol. The molecule has 1 rings (SSSR count). The normalized spacial score (nSPS) is 22.1. The van der Waals surface area contributed by atoms with Crippen LogP contribution in [-0.2, 0) is 9.59 Å². The Morgan fingerprint density at radius 2 is 1.88 bits per heavy atom. The van der Waals surface area contributed by atoms with Crippen LogP contribution < -0.4 is 0 Å². The second-order valence-corrected chi connectivity index (χ2v) is 7.89. The van der Waals surface area contributed by atoms with E-state index in [0.717, 1.165) is 57.8 Å². The van der Waals surface area contributed by atoms with Crippen molar-refractivity contribution < 1.29 is 19.8 Å². The monoisotopic (exact) mass is 364 g/mol. The minimum atomic E-state index is -1.03.